The van der Waals surface area contributed by atoms with Crippen molar-refractivity contribution in [3.63, 3.8) is 0 Å². The molecule has 0 unspecified atom stereocenters. The molecule has 37 heavy (non-hydrogen) atoms. The van der Waals surface area contributed by atoms with E-state index in [1.807, 2.05) is 66.9 Å². The lowest BCUT2D eigenvalue weighted by Gasteiger charge is -2.28. The van der Waals surface area contributed by atoms with Crippen molar-refractivity contribution < 1.29 is 19.1 Å². The highest BCUT2D eigenvalue weighted by Crippen LogP contribution is 2.20. The number of rotatable bonds is 8. The summed E-state index contributed by atoms with van der Waals surface area (Å²) in [5, 5.41) is 6.57. The molecule has 1 aliphatic rings. The number of H-pyrrole nitrogens is 1. The highest BCUT2D eigenvalue weighted by atomic mass is 16.5. The molecule has 0 aliphatic carbocycles. The second-order valence-electron chi connectivity index (χ2n) is 8.81. The Labute approximate surface area is 214 Å². The van der Waals surface area contributed by atoms with Gasteiger partial charge in [-0.25, -0.2) is 9.78 Å². The molecule has 0 saturated carbocycles. The summed E-state index contributed by atoms with van der Waals surface area (Å²) in [4.78, 5) is 35.8. The van der Waals surface area contributed by atoms with Crippen molar-refractivity contribution in [2.45, 2.75) is 19.1 Å². The largest absolute Gasteiger partial charge is 0.445 e. The molecular formula is C28H29N5O4. The first-order valence-electron chi connectivity index (χ1n) is 12.3. The Balaban J connectivity index is 1.28. The summed E-state index contributed by atoms with van der Waals surface area (Å²) < 4.78 is 10.8. The van der Waals surface area contributed by atoms with Gasteiger partial charge in [0, 0.05) is 36.6 Å². The van der Waals surface area contributed by atoms with E-state index < -0.39 is 12.1 Å². The predicted molar refractivity (Wildman–Crippen MR) is 141 cm³/mol. The van der Waals surface area contributed by atoms with Crippen molar-refractivity contribution in [3.8, 4) is 0 Å². The fraction of sp³-hybridized carbons (Fsp3) is 0.250. The SMILES string of the molecule is O=C(N[C@@H](Cc1c[nH]c2ccccc12)C(=O)Nc1ccc(N2CCOCC2)cn1)OCc1ccccc1. The maximum Gasteiger partial charge on any atom is 0.408 e. The van der Waals surface area contributed by atoms with Crippen molar-refractivity contribution in [1.82, 2.24) is 15.3 Å². The molecule has 2 aromatic heterocycles. The van der Waals surface area contributed by atoms with Gasteiger partial charge in [-0.2, -0.15) is 0 Å². The maximum atomic E-state index is 13.3. The molecule has 190 valence electrons. The van der Waals surface area contributed by atoms with E-state index in [1.165, 1.54) is 0 Å². The number of morpholine rings is 1. The quantitative estimate of drug-likeness (QED) is 0.340. The van der Waals surface area contributed by atoms with Crippen LogP contribution in [0.1, 0.15) is 11.1 Å². The topological polar surface area (TPSA) is 109 Å². The number of nitrogens with zero attached hydrogens (tertiary/aromatic N) is 2. The molecule has 1 fully saturated rings. The van der Waals surface area contributed by atoms with E-state index in [9.17, 15) is 9.59 Å². The fourth-order valence-corrected chi connectivity index (χ4v) is 4.32. The Morgan fingerprint density at radius 2 is 1.81 bits per heavy atom. The Morgan fingerprint density at radius 3 is 2.59 bits per heavy atom. The molecule has 4 aromatic rings. The predicted octanol–water partition coefficient (Wildman–Crippen LogP) is 3.88. The first-order chi connectivity index (χ1) is 18.2. The van der Waals surface area contributed by atoms with Gasteiger partial charge in [0.2, 0.25) is 5.91 Å². The zero-order chi connectivity index (χ0) is 25.5. The van der Waals surface area contributed by atoms with Gasteiger partial charge in [0.25, 0.3) is 0 Å². The highest BCUT2D eigenvalue weighted by molar-refractivity contribution is 5.96. The number of ether oxygens (including phenoxy) is 2. The van der Waals surface area contributed by atoms with Crippen molar-refractivity contribution in [1.29, 1.82) is 0 Å². The summed E-state index contributed by atoms with van der Waals surface area (Å²) in [6.07, 6.45) is 3.20. The molecule has 1 saturated heterocycles. The lowest BCUT2D eigenvalue weighted by molar-refractivity contribution is -0.118. The van der Waals surface area contributed by atoms with Crippen LogP contribution < -0.4 is 15.5 Å². The van der Waals surface area contributed by atoms with Crippen LogP contribution in [-0.2, 0) is 27.3 Å². The van der Waals surface area contributed by atoms with Crippen LogP contribution in [-0.4, -0.2) is 54.3 Å². The Morgan fingerprint density at radius 1 is 1.03 bits per heavy atom. The van der Waals surface area contributed by atoms with Crippen LogP contribution >= 0.6 is 0 Å². The summed E-state index contributed by atoms with van der Waals surface area (Å²) in [5.41, 5.74) is 3.71. The van der Waals surface area contributed by atoms with Crippen molar-refractivity contribution in [2.24, 2.45) is 0 Å². The standard InChI is InChI=1S/C28H29N5O4/c34-27(32-26-11-10-22(18-30-26)33-12-14-36-15-13-33)25(16-21-17-29-24-9-5-4-8-23(21)24)31-28(35)37-19-20-6-2-1-3-7-20/h1-11,17-18,25,29H,12-16,19H2,(H,31,35)(H,30,32,34)/t25-/m0/s1. The van der Waals surface area contributed by atoms with Gasteiger partial charge in [-0.05, 0) is 29.3 Å². The van der Waals surface area contributed by atoms with Gasteiger partial charge in [0.15, 0.2) is 0 Å². The Kier molecular flexibility index (Phi) is 7.61. The number of benzene rings is 2. The smallest absolute Gasteiger partial charge is 0.408 e. The van der Waals surface area contributed by atoms with E-state index in [0.29, 0.717) is 19.0 Å². The molecule has 0 spiro atoms. The minimum absolute atomic E-state index is 0.110. The maximum absolute atomic E-state index is 13.3. The van der Waals surface area contributed by atoms with E-state index >= 15 is 0 Å². The van der Waals surface area contributed by atoms with Gasteiger partial charge in [0.05, 0.1) is 25.1 Å². The number of amides is 2. The minimum atomic E-state index is -0.872. The first-order valence-corrected chi connectivity index (χ1v) is 12.3. The molecule has 1 atom stereocenters. The molecule has 1 aliphatic heterocycles. The number of carbonyl (C=O) groups is 2. The molecule has 5 rings (SSSR count). The van der Waals surface area contributed by atoms with Crippen LogP contribution in [0, 0.1) is 0 Å². The van der Waals surface area contributed by atoms with Crippen LogP contribution in [0.2, 0.25) is 0 Å². The number of aromatic nitrogens is 2. The summed E-state index contributed by atoms with van der Waals surface area (Å²) >= 11 is 0. The molecule has 0 bridgehead atoms. The van der Waals surface area contributed by atoms with Crippen molar-refractivity contribution in [2.75, 3.05) is 36.5 Å². The number of aromatic amines is 1. The summed E-state index contributed by atoms with van der Waals surface area (Å²) in [7, 11) is 0. The van der Waals surface area contributed by atoms with E-state index in [2.05, 4.69) is 25.5 Å². The Bertz CT molecular complexity index is 1330. The molecular weight excluding hydrogens is 470 g/mol. The zero-order valence-corrected chi connectivity index (χ0v) is 20.4. The summed E-state index contributed by atoms with van der Waals surface area (Å²) in [6, 6.07) is 20.0. The molecule has 3 heterocycles. The third-order valence-corrected chi connectivity index (χ3v) is 6.30. The second-order valence-corrected chi connectivity index (χ2v) is 8.81. The zero-order valence-electron chi connectivity index (χ0n) is 20.4. The van der Waals surface area contributed by atoms with Crippen LogP contribution in [0.25, 0.3) is 10.9 Å². The number of nitrogens with one attached hydrogen (secondary N) is 3. The lowest BCUT2D eigenvalue weighted by atomic mass is 10.0. The second kappa shape index (κ2) is 11.6. The lowest BCUT2D eigenvalue weighted by Crippen LogP contribution is -2.45. The van der Waals surface area contributed by atoms with Crippen LogP contribution in [0.5, 0.6) is 0 Å². The van der Waals surface area contributed by atoms with E-state index in [4.69, 9.17) is 9.47 Å². The van der Waals surface area contributed by atoms with E-state index in [-0.39, 0.29) is 18.9 Å². The number of para-hydroxylation sites is 1. The van der Waals surface area contributed by atoms with Gasteiger partial charge < -0.3 is 30.0 Å². The normalized spacial score (nSPS) is 14.2. The third kappa shape index (κ3) is 6.25. The van der Waals surface area contributed by atoms with Gasteiger partial charge in [-0.1, -0.05) is 48.5 Å². The number of hydrogen-bond acceptors (Lipinski definition) is 6. The number of carbonyl (C=O) groups excluding carboxylic acids is 2. The average Bonchev–Trinajstić information content (AvgIpc) is 3.36. The Hall–Kier alpha value is -4.37. The van der Waals surface area contributed by atoms with Crippen molar-refractivity contribution >= 4 is 34.4 Å². The van der Waals surface area contributed by atoms with Gasteiger partial charge in [-0.15, -0.1) is 0 Å². The van der Waals surface area contributed by atoms with Crippen LogP contribution in [0.3, 0.4) is 0 Å². The molecule has 9 heteroatoms. The monoisotopic (exact) mass is 499 g/mol. The number of anilines is 2. The summed E-state index contributed by atoms with van der Waals surface area (Å²) in [5.74, 6) is 0.0268. The van der Waals surface area contributed by atoms with Crippen LogP contribution in [0.15, 0.2) is 79.1 Å². The number of alkyl carbamates (subject to hydrolysis) is 1. The van der Waals surface area contributed by atoms with Gasteiger partial charge >= 0.3 is 6.09 Å². The molecule has 2 aromatic carbocycles. The molecule has 3 N–H and O–H groups in total. The molecule has 9 nitrogen and oxygen atoms in total. The number of fused-ring (bicyclic) bond motifs is 1. The average molecular weight is 500 g/mol. The van der Waals surface area contributed by atoms with Crippen molar-refractivity contribution in [3.05, 3.63) is 90.3 Å². The number of pyridine rings is 1. The summed E-state index contributed by atoms with van der Waals surface area (Å²) in [6.45, 7) is 3.07. The fourth-order valence-electron chi connectivity index (χ4n) is 4.32. The molecule has 2 amide bonds. The van der Waals surface area contributed by atoms with E-state index in [1.54, 1.807) is 12.3 Å². The highest BCUT2D eigenvalue weighted by Gasteiger charge is 2.24. The van der Waals surface area contributed by atoms with Gasteiger partial charge in [-0.3, -0.25) is 4.79 Å². The first kappa shape index (κ1) is 24.3. The third-order valence-electron chi connectivity index (χ3n) is 6.30. The molecule has 0 radical (unpaired) electrons. The number of hydrogen-bond donors (Lipinski definition) is 3. The van der Waals surface area contributed by atoms with Crippen LogP contribution in [0.4, 0.5) is 16.3 Å². The minimum Gasteiger partial charge on any atom is -0.445 e. The van der Waals surface area contributed by atoms with Gasteiger partial charge in [0.1, 0.15) is 18.5 Å². The van der Waals surface area contributed by atoms with E-state index in [0.717, 1.165) is 40.8 Å².